The van der Waals surface area contributed by atoms with Crippen LogP contribution in [0.1, 0.15) is 19.3 Å². The summed E-state index contributed by atoms with van der Waals surface area (Å²) < 4.78 is 5.75. The number of hydrogen-bond donors (Lipinski definition) is 1. The molecule has 1 saturated heterocycles. The molecule has 6 nitrogen and oxygen atoms in total. The van der Waals surface area contributed by atoms with Gasteiger partial charge in [-0.1, -0.05) is 35.9 Å². The second-order valence-electron chi connectivity index (χ2n) is 8.33. The Labute approximate surface area is 203 Å². The van der Waals surface area contributed by atoms with Gasteiger partial charge in [0, 0.05) is 40.1 Å². The van der Waals surface area contributed by atoms with Crippen LogP contribution in [-0.2, 0) is 4.79 Å². The number of benzene rings is 3. The largest absolute Gasteiger partial charge is 0.484 e. The molecule has 1 fully saturated rings. The number of fused-ring (bicyclic) bond motifs is 1. The fraction of sp³-hybridized carbons (Fsp3) is 0.222. The third kappa shape index (κ3) is 4.97. The Morgan fingerprint density at radius 2 is 1.59 bits per heavy atom. The lowest BCUT2D eigenvalue weighted by molar-refractivity contribution is -0.134. The molecule has 1 amide bonds. The molecule has 0 aliphatic carbocycles. The van der Waals surface area contributed by atoms with E-state index >= 15 is 0 Å². The number of halogens is 1. The van der Waals surface area contributed by atoms with E-state index in [9.17, 15) is 4.79 Å². The molecule has 0 spiro atoms. The lowest BCUT2D eigenvalue weighted by Gasteiger charge is -2.26. The summed E-state index contributed by atoms with van der Waals surface area (Å²) in [5.74, 6) is 1.38. The SMILES string of the molecule is O=C(COc1ccc(-c2nnc(Nc3ccc(Cl)cc3)c3ccccc23)cc1)N1CCCCC1. The second-order valence-corrected chi connectivity index (χ2v) is 8.77. The number of aromatic nitrogens is 2. The first-order chi connectivity index (χ1) is 16.7. The molecule has 34 heavy (non-hydrogen) atoms. The number of nitrogens with zero attached hydrogens (tertiary/aromatic N) is 3. The molecule has 1 aromatic heterocycles. The zero-order valence-corrected chi connectivity index (χ0v) is 19.5. The Bertz CT molecular complexity index is 1290. The van der Waals surface area contributed by atoms with Gasteiger partial charge in [0.05, 0.1) is 0 Å². The van der Waals surface area contributed by atoms with Gasteiger partial charge < -0.3 is 15.0 Å². The second kappa shape index (κ2) is 10.1. The average Bonchev–Trinajstić information content (AvgIpc) is 2.90. The number of nitrogens with one attached hydrogen (secondary N) is 1. The normalized spacial score (nSPS) is 13.6. The first kappa shape index (κ1) is 22.2. The highest BCUT2D eigenvalue weighted by Crippen LogP contribution is 2.32. The van der Waals surface area contributed by atoms with Gasteiger partial charge >= 0.3 is 0 Å². The zero-order chi connectivity index (χ0) is 23.3. The zero-order valence-electron chi connectivity index (χ0n) is 18.7. The molecule has 7 heteroatoms. The van der Waals surface area contributed by atoms with E-state index in [1.165, 1.54) is 6.42 Å². The fourth-order valence-electron chi connectivity index (χ4n) is 4.17. The van der Waals surface area contributed by atoms with Crippen molar-refractivity contribution in [2.45, 2.75) is 19.3 Å². The Morgan fingerprint density at radius 1 is 0.882 bits per heavy atom. The maximum absolute atomic E-state index is 12.4. The summed E-state index contributed by atoms with van der Waals surface area (Å²) in [5, 5.41) is 14.9. The minimum Gasteiger partial charge on any atom is -0.484 e. The van der Waals surface area contributed by atoms with Gasteiger partial charge in [-0.15, -0.1) is 10.2 Å². The Hall–Kier alpha value is -3.64. The highest BCUT2D eigenvalue weighted by atomic mass is 35.5. The third-order valence-corrected chi connectivity index (χ3v) is 6.25. The molecule has 172 valence electrons. The van der Waals surface area contributed by atoms with Crippen LogP contribution in [0.4, 0.5) is 11.5 Å². The summed E-state index contributed by atoms with van der Waals surface area (Å²) in [4.78, 5) is 14.2. The molecule has 1 N–H and O–H groups in total. The number of carbonyl (C=O) groups excluding carboxylic acids is 1. The molecule has 2 heterocycles. The van der Waals surface area contributed by atoms with Crippen LogP contribution in [0.3, 0.4) is 0 Å². The molecule has 0 saturated carbocycles. The van der Waals surface area contributed by atoms with Gasteiger partial charge in [0.25, 0.3) is 5.91 Å². The van der Waals surface area contributed by atoms with Crippen LogP contribution in [0, 0.1) is 0 Å². The molecule has 0 bridgehead atoms. The van der Waals surface area contributed by atoms with Gasteiger partial charge in [0.2, 0.25) is 0 Å². The number of anilines is 2. The van der Waals surface area contributed by atoms with Gasteiger partial charge in [-0.25, -0.2) is 0 Å². The predicted octanol–water partition coefficient (Wildman–Crippen LogP) is 6.09. The van der Waals surface area contributed by atoms with E-state index in [-0.39, 0.29) is 12.5 Å². The van der Waals surface area contributed by atoms with Crippen LogP contribution in [0.15, 0.2) is 72.8 Å². The van der Waals surface area contributed by atoms with E-state index in [2.05, 4.69) is 15.5 Å². The lowest BCUT2D eigenvalue weighted by Crippen LogP contribution is -2.38. The van der Waals surface area contributed by atoms with Crippen molar-refractivity contribution in [3.8, 4) is 17.0 Å². The molecule has 5 rings (SSSR count). The van der Waals surface area contributed by atoms with Gasteiger partial charge in [-0.05, 0) is 67.8 Å². The monoisotopic (exact) mass is 472 g/mol. The van der Waals surface area contributed by atoms with Gasteiger partial charge in [0.15, 0.2) is 12.4 Å². The minimum absolute atomic E-state index is 0.0458. The van der Waals surface area contributed by atoms with Gasteiger partial charge in [-0.3, -0.25) is 4.79 Å². The van der Waals surface area contributed by atoms with E-state index in [0.717, 1.165) is 53.6 Å². The average molecular weight is 473 g/mol. The van der Waals surface area contributed by atoms with Crippen molar-refractivity contribution in [3.63, 3.8) is 0 Å². The molecule has 0 atom stereocenters. The number of hydrogen-bond acceptors (Lipinski definition) is 5. The molecule has 1 aliphatic rings. The van der Waals surface area contributed by atoms with E-state index in [4.69, 9.17) is 16.3 Å². The van der Waals surface area contributed by atoms with E-state index < -0.39 is 0 Å². The molecule has 0 unspecified atom stereocenters. The van der Waals surface area contributed by atoms with Crippen molar-refractivity contribution in [2.75, 3.05) is 25.0 Å². The Balaban J connectivity index is 1.33. The smallest absolute Gasteiger partial charge is 0.260 e. The van der Waals surface area contributed by atoms with Crippen LogP contribution in [0.5, 0.6) is 5.75 Å². The van der Waals surface area contributed by atoms with Crippen molar-refractivity contribution >= 4 is 39.8 Å². The van der Waals surface area contributed by atoms with Crippen molar-refractivity contribution < 1.29 is 9.53 Å². The van der Waals surface area contributed by atoms with Crippen LogP contribution in [0.25, 0.3) is 22.0 Å². The van der Waals surface area contributed by atoms with Gasteiger partial charge in [0.1, 0.15) is 11.4 Å². The number of amides is 1. The highest BCUT2D eigenvalue weighted by Gasteiger charge is 2.17. The number of piperidine rings is 1. The fourth-order valence-corrected chi connectivity index (χ4v) is 4.29. The summed E-state index contributed by atoms with van der Waals surface area (Å²) >= 11 is 6.00. The maximum Gasteiger partial charge on any atom is 0.260 e. The molecule has 3 aromatic carbocycles. The van der Waals surface area contributed by atoms with Crippen LogP contribution >= 0.6 is 11.6 Å². The number of rotatable bonds is 6. The van der Waals surface area contributed by atoms with Crippen molar-refractivity contribution in [1.82, 2.24) is 15.1 Å². The number of likely N-dealkylation sites (tertiary alicyclic amines) is 1. The first-order valence-corrected chi connectivity index (χ1v) is 11.8. The Morgan fingerprint density at radius 3 is 2.32 bits per heavy atom. The third-order valence-electron chi connectivity index (χ3n) is 5.99. The van der Waals surface area contributed by atoms with Crippen LogP contribution in [0.2, 0.25) is 5.02 Å². The predicted molar refractivity (Wildman–Crippen MR) is 136 cm³/mol. The van der Waals surface area contributed by atoms with Gasteiger partial charge in [-0.2, -0.15) is 0 Å². The Kier molecular flexibility index (Phi) is 6.58. The van der Waals surface area contributed by atoms with Crippen molar-refractivity contribution in [2.24, 2.45) is 0 Å². The summed E-state index contributed by atoms with van der Waals surface area (Å²) in [6.45, 7) is 1.72. The van der Waals surface area contributed by atoms with E-state index in [1.807, 2.05) is 77.7 Å². The van der Waals surface area contributed by atoms with E-state index in [0.29, 0.717) is 16.6 Å². The summed E-state index contributed by atoms with van der Waals surface area (Å²) in [6, 6.07) is 23.1. The highest BCUT2D eigenvalue weighted by molar-refractivity contribution is 6.30. The molecule has 0 radical (unpaired) electrons. The van der Waals surface area contributed by atoms with E-state index in [1.54, 1.807) is 0 Å². The standard InChI is InChI=1S/C27H25ClN4O2/c28-20-10-12-21(13-11-20)29-27-24-7-3-2-6-23(24)26(30-31-27)19-8-14-22(15-9-19)34-18-25(33)32-16-4-1-5-17-32/h2-3,6-15H,1,4-5,16-18H2,(H,29,31). The van der Waals surface area contributed by atoms with Crippen LogP contribution < -0.4 is 10.1 Å². The summed E-state index contributed by atoms with van der Waals surface area (Å²) in [6.07, 6.45) is 3.34. The summed E-state index contributed by atoms with van der Waals surface area (Å²) in [7, 11) is 0. The number of carbonyl (C=O) groups is 1. The lowest BCUT2D eigenvalue weighted by atomic mass is 10.0. The van der Waals surface area contributed by atoms with Crippen molar-refractivity contribution in [1.29, 1.82) is 0 Å². The minimum atomic E-state index is 0.0458. The topological polar surface area (TPSA) is 67.3 Å². The molecular formula is C27H25ClN4O2. The molecular weight excluding hydrogens is 448 g/mol. The number of ether oxygens (including phenoxy) is 1. The first-order valence-electron chi connectivity index (χ1n) is 11.5. The summed E-state index contributed by atoms with van der Waals surface area (Å²) in [5.41, 5.74) is 2.60. The van der Waals surface area contributed by atoms with Crippen LogP contribution in [-0.4, -0.2) is 40.7 Å². The quantitative estimate of drug-likeness (QED) is 0.368. The molecule has 1 aliphatic heterocycles. The maximum atomic E-state index is 12.4. The molecule has 4 aromatic rings. The van der Waals surface area contributed by atoms with Crippen molar-refractivity contribution in [3.05, 3.63) is 77.8 Å².